The molecule has 3 aromatic carbocycles. The number of anilines is 2. The van der Waals surface area contributed by atoms with E-state index in [1.165, 1.54) is 16.7 Å². The summed E-state index contributed by atoms with van der Waals surface area (Å²) in [6.45, 7) is 4.23. The fraction of sp³-hybridized carbons (Fsp3) is 0.222. The molecule has 0 radical (unpaired) electrons. The van der Waals surface area contributed by atoms with E-state index < -0.39 is 4.87 Å². The molecule has 7 heteroatoms. The third-order valence-corrected chi connectivity index (χ3v) is 7.55. The molecule has 0 saturated carbocycles. The highest BCUT2D eigenvalue weighted by atomic mass is 32.2. The summed E-state index contributed by atoms with van der Waals surface area (Å²) in [5.41, 5.74) is 5.13. The number of benzene rings is 3. The Morgan fingerprint density at radius 1 is 0.971 bits per heavy atom. The van der Waals surface area contributed by atoms with Crippen molar-refractivity contribution in [2.45, 2.75) is 25.3 Å². The molecule has 172 valence electrons. The van der Waals surface area contributed by atoms with E-state index in [4.69, 9.17) is 0 Å². The highest BCUT2D eigenvalue weighted by Gasteiger charge is 2.61. The number of aryl methyl sites for hydroxylation is 2. The number of hydrogen-bond acceptors (Lipinski definition) is 4. The van der Waals surface area contributed by atoms with E-state index in [0.717, 1.165) is 22.3 Å². The summed E-state index contributed by atoms with van der Waals surface area (Å²) < 4.78 is 0. The van der Waals surface area contributed by atoms with E-state index in [9.17, 15) is 14.4 Å². The van der Waals surface area contributed by atoms with Gasteiger partial charge < -0.3 is 5.32 Å². The summed E-state index contributed by atoms with van der Waals surface area (Å²) in [7, 11) is 0. The average molecular weight is 472 g/mol. The van der Waals surface area contributed by atoms with Crippen LogP contribution in [-0.4, -0.2) is 30.0 Å². The minimum Gasteiger partial charge on any atom is -0.350 e. The van der Waals surface area contributed by atoms with Crippen LogP contribution < -0.4 is 15.1 Å². The molecule has 2 aliphatic heterocycles. The van der Waals surface area contributed by atoms with Crippen LogP contribution in [0.2, 0.25) is 0 Å². The van der Waals surface area contributed by atoms with Crippen LogP contribution in [0.3, 0.4) is 0 Å². The van der Waals surface area contributed by atoms with Crippen molar-refractivity contribution in [2.75, 3.05) is 22.1 Å². The Bertz CT molecular complexity index is 1270. The smallest absolute Gasteiger partial charge is 0.269 e. The van der Waals surface area contributed by atoms with Crippen LogP contribution >= 0.6 is 11.8 Å². The molecule has 1 atom stereocenters. The van der Waals surface area contributed by atoms with Gasteiger partial charge in [-0.3, -0.25) is 24.2 Å². The number of rotatable bonds is 5. The largest absolute Gasteiger partial charge is 0.350 e. The van der Waals surface area contributed by atoms with Crippen molar-refractivity contribution < 1.29 is 14.4 Å². The lowest BCUT2D eigenvalue weighted by Crippen LogP contribution is -2.51. The van der Waals surface area contributed by atoms with E-state index in [1.807, 2.05) is 86.6 Å². The van der Waals surface area contributed by atoms with Gasteiger partial charge in [0.2, 0.25) is 16.7 Å². The van der Waals surface area contributed by atoms with Crippen molar-refractivity contribution in [3.8, 4) is 0 Å². The molecule has 34 heavy (non-hydrogen) atoms. The van der Waals surface area contributed by atoms with Gasteiger partial charge in [-0.15, -0.1) is 11.8 Å². The topological polar surface area (TPSA) is 69.7 Å². The Morgan fingerprint density at radius 3 is 2.38 bits per heavy atom. The number of thioether (sulfide) groups is 1. The molecule has 6 nitrogen and oxygen atoms in total. The van der Waals surface area contributed by atoms with Crippen LogP contribution in [0.4, 0.5) is 11.4 Å². The molecule has 3 amide bonds. The maximum atomic E-state index is 14.0. The SMILES string of the molecule is Cc1cc(C)cc(N2C(=O)CS[C@]23C(=O)N(CC(=O)NCc2ccccc2)c2ccccc23)c1. The lowest BCUT2D eigenvalue weighted by atomic mass is 10.0. The third kappa shape index (κ3) is 3.66. The summed E-state index contributed by atoms with van der Waals surface area (Å²) in [4.78, 5) is 41.9. The highest BCUT2D eigenvalue weighted by Crippen LogP contribution is 2.55. The minimum absolute atomic E-state index is 0.111. The molecule has 0 aromatic heterocycles. The van der Waals surface area contributed by atoms with Gasteiger partial charge in [0.1, 0.15) is 6.54 Å². The molecule has 2 aliphatic rings. The van der Waals surface area contributed by atoms with Crippen LogP contribution in [0.1, 0.15) is 22.3 Å². The number of nitrogens with one attached hydrogen (secondary N) is 1. The van der Waals surface area contributed by atoms with Gasteiger partial charge in [-0.2, -0.15) is 0 Å². The zero-order valence-electron chi connectivity index (χ0n) is 19.1. The Balaban J connectivity index is 1.49. The minimum atomic E-state index is -1.21. The fourth-order valence-corrected chi connectivity index (χ4v) is 6.15. The summed E-state index contributed by atoms with van der Waals surface area (Å²) in [6, 6.07) is 23.0. The van der Waals surface area contributed by atoms with Crippen molar-refractivity contribution in [3.63, 3.8) is 0 Å². The van der Waals surface area contributed by atoms with Crippen LogP contribution in [0.15, 0.2) is 72.8 Å². The fourth-order valence-electron chi connectivity index (χ4n) is 4.79. The number of para-hydroxylation sites is 1. The van der Waals surface area contributed by atoms with Crippen molar-refractivity contribution in [3.05, 3.63) is 95.1 Å². The standard InChI is InChI=1S/C27H25N3O3S/c1-18-12-19(2)14-21(13-18)30-25(32)17-34-27(30)22-10-6-7-11-23(22)29(26(27)33)16-24(31)28-15-20-8-4-3-5-9-20/h3-14H,15-17H2,1-2H3,(H,28,31)/t27-/m1/s1. The molecule has 1 fully saturated rings. The second-order valence-corrected chi connectivity index (χ2v) is 9.85. The number of amides is 3. The molecule has 1 N–H and O–H groups in total. The molecular weight excluding hydrogens is 446 g/mol. The normalized spacial score (nSPS) is 19.1. The molecular formula is C27H25N3O3S. The number of carbonyl (C=O) groups is 3. The average Bonchev–Trinajstić information content (AvgIpc) is 3.29. The summed E-state index contributed by atoms with van der Waals surface area (Å²) in [6.07, 6.45) is 0. The van der Waals surface area contributed by atoms with Crippen molar-refractivity contribution >= 4 is 40.9 Å². The quantitative estimate of drug-likeness (QED) is 0.613. The van der Waals surface area contributed by atoms with E-state index in [0.29, 0.717) is 17.9 Å². The summed E-state index contributed by atoms with van der Waals surface area (Å²) >= 11 is 1.32. The van der Waals surface area contributed by atoms with Gasteiger partial charge in [-0.25, -0.2) is 0 Å². The summed E-state index contributed by atoms with van der Waals surface area (Å²) in [5, 5.41) is 2.90. The van der Waals surface area contributed by atoms with Crippen LogP contribution in [0.5, 0.6) is 0 Å². The highest BCUT2D eigenvalue weighted by molar-refractivity contribution is 8.02. The van der Waals surface area contributed by atoms with E-state index in [-0.39, 0.29) is 30.0 Å². The maximum Gasteiger partial charge on any atom is 0.269 e. The molecule has 2 heterocycles. The van der Waals surface area contributed by atoms with Crippen molar-refractivity contribution in [1.29, 1.82) is 0 Å². The number of nitrogens with zero attached hydrogens (tertiary/aromatic N) is 2. The van der Waals surface area contributed by atoms with Gasteiger partial charge in [0.15, 0.2) is 0 Å². The van der Waals surface area contributed by atoms with Gasteiger partial charge in [0.25, 0.3) is 5.91 Å². The lowest BCUT2D eigenvalue weighted by Gasteiger charge is -2.33. The molecule has 0 bridgehead atoms. The first-order chi connectivity index (χ1) is 16.4. The Hall–Kier alpha value is -3.58. The second kappa shape index (κ2) is 8.65. The second-order valence-electron chi connectivity index (χ2n) is 8.68. The third-order valence-electron chi connectivity index (χ3n) is 6.16. The Labute approximate surface area is 202 Å². The van der Waals surface area contributed by atoms with Crippen molar-refractivity contribution in [1.82, 2.24) is 5.32 Å². The summed E-state index contributed by atoms with van der Waals surface area (Å²) in [5.74, 6) is -0.440. The van der Waals surface area contributed by atoms with Crippen molar-refractivity contribution in [2.24, 2.45) is 0 Å². The zero-order valence-corrected chi connectivity index (χ0v) is 19.9. The van der Waals surface area contributed by atoms with Gasteiger partial charge >= 0.3 is 0 Å². The molecule has 0 unspecified atom stereocenters. The molecule has 5 rings (SSSR count). The molecule has 0 aliphatic carbocycles. The van der Waals surface area contributed by atoms with Gasteiger partial charge in [0, 0.05) is 17.8 Å². The van der Waals surface area contributed by atoms with Gasteiger partial charge in [-0.05, 0) is 48.7 Å². The first-order valence-corrected chi connectivity index (χ1v) is 12.2. The number of carbonyl (C=O) groups excluding carboxylic acids is 3. The first-order valence-electron chi connectivity index (χ1n) is 11.2. The van der Waals surface area contributed by atoms with Crippen LogP contribution in [0, 0.1) is 13.8 Å². The van der Waals surface area contributed by atoms with E-state index >= 15 is 0 Å². The maximum absolute atomic E-state index is 14.0. The predicted octanol–water partition coefficient (Wildman–Crippen LogP) is 3.90. The number of fused-ring (bicyclic) bond motifs is 2. The van der Waals surface area contributed by atoms with Crippen LogP contribution in [-0.2, 0) is 25.8 Å². The molecule has 3 aromatic rings. The van der Waals surface area contributed by atoms with E-state index in [1.54, 1.807) is 4.90 Å². The van der Waals surface area contributed by atoms with Gasteiger partial charge in [0.05, 0.1) is 11.4 Å². The molecule has 1 saturated heterocycles. The Kier molecular flexibility index (Phi) is 5.65. The Morgan fingerprint density at radius 2 is 1.65 bits per heavy atom. The monoisotopic (exact) mass is 471 g/mol. The lowest BCUT2D eigenvalue weighted by molar-refractivity contribution is -0.125. The van der Waals surface area contributed by atoms with Gasteiger partial charge in [-0.1, -0.05) is 54.6 Å². The predicted molar refractivity (Wildman–Crippen MR) is 135 cm³/mol. The first kappa shape index (κ1) is 22.2. The number of hydrogen-bond donors (Lipinski definition) is 1. The van der Waals surface area contributed by atoms with Crippen LogP contribution in [0.25, 0.3) is 0 Å². The zero-order chi connectivity index (χ0) is 23.9. The molecule has 1 spiro atoms. The van der Waals surface area contributed by atoms with E-state index in [2.05, 4.69) is 5.32 Å².